The van der Waals surface area contributed by atoms with Crippen molar-refractivity contribution in [3.63, 3.8) is 0 Å². The molecule has 0 saturated heterocycles. The van der Waals surface area contributed by atoms with Gasteiger partial charge in [-0.15, -0.1) is 0 Å². The van der Waals surface area contributed by atoms with Gasteiger partial charge >= 0.3 is 12.4 Å². The fourth-order valence-corrected chi connectivity index (χ4v) is 3.17. The van der Waals surface area contributed by atoms with Crippen molar-refractivity contribution in [1.82, 2.24) is 19.3 Å². The lowest BCUT2D eigenvalue weighted by Crippen LogP contribution is -2.42. The minimum Gasteiger partial charge on any atom is -0.374 e. The highest BCUT2D eigenvalue weighted by molar-refractivity contribution is 5.64. The van der Waals surface area contributed by atoms with Crippen LogP contribution >= 0.6 is 0 Å². The van der Waals surface area contributed by atoms with Crippen LogP contribution < -0.4 is 0 Å². The molecule has 2 aromatic heterocycles. The van der Waals surface area contributed by atoms with E-state index in [1.807, 2.05) is 0 Å². The van der Waals surface area contributed by atoms with E-state index in [-0.39, 0.29) is 23.4 Å². The number of rotatable bonds is 1. The van der Waals surface area contributed by atoms with Gasteiger partial charge in [0.2, 0.25) is 5.60 Å². The Bertz CT molecular complexity index is 830. The van der Waals surface area contributed by atoms with E-state index in [1.54, 1.807) is 0 Å². The van der Waals surface area contributed by atoms with Crippen molar-refractivity contribution >= 4 is 0 Å². The third-order valence-electron chi connectivity index (χ3n) is 4.38. The van der Waals surface area contributed by atoms with Crippen molar-refractivity contribution in [2.24, 2.45) is 7.05 Å². The fourth-order valence-electron chi connectivity index (χ4n) is 3.17. The number of aromatic nitrogens is 4. The molecule has 11 heteroatoms. The number of aryl methyl sites for hydroxylation is 1. The van der Waals surface area contributed by atoms with Gasteiger partial charge in [-0.1, -0.05) is 0 Å². The van der Waals surface area contributed by atoms with Gasteiger partial charge < -0.3 is 9.67 Å². The summed E-state index contributed by atoms with van der Waals surface area (Å²) >= 11 is 0. The summed E-state index contributed by atoms with van der Waals surface area (Å²) in [5.41, 5.74) is -4.29. The first-order chi connectivity index (χ1) is 11.3. The Morgan fingerprint density at radius 3 is 2.32 bits per heavy atom. The maximum atomic E-state index is 13.2. The van der Waals surface area contributed by atoms with Gasteiger partial charge in [0, 0.05) is 18.7 Å². The predicted octanol–water partition coefficient (Wildman–Crippen LogP) is 3.19. The number of imidazole rings is 1. The first-order valence-corrected chi connectivity index (χ1v) is 7.27. The molecule has 138 valence electrons. The lowest BCUT2D eigenvalue weighted by molar-refractivity contribution is -0.262. The van der Waals surface area contributed by atoms with Crippen LogP contribution in [0.15, 0.2) is 6.20 Å². The first-order valence-electron chi connectivity index (χ1n) is 7.27. The summed E-state index contributed by atoms with van der Waals surface area (Å²) < 4.78 is 81.0. The average Bonchev–Trinajstić information content (AvgIpc) is 2.99. The molecule has 3 heterocycles. The number of nitrogens with zero attached hydrogens (tertiary/aromatic N) is 4. The van der Waals surface area contributed by atoms with E-state index in [0.717, 1.165) is 15.4 Å². The van der Waals surface area contributed by atoms with Crippen molar-refractivity contribution in [3.05, 3.63) is 23.3 Å². The van der Waals surface area contributed by atoms with Gasteiger partial charge in [-0.2, -0.15) is 31.4 Å². The Morgan fingerprint density at radius 1 is 1.20 bits per heavy atom. The number of hydrogen-bond donors (Lipinski definition) is 1. The zero-order chi connectivity index (χ0) is 18.9. The smallest absolute Gasteiger partial charge is 0.374 e. The number of aliphatic hydroxyl groups is 1. The molecule has 1 aliphatic rings. The summed E-state index contributed by atoms with van der Waals surface area (Å²) in [6, 6.07) is -0.765. The standard InChI is InChI=1S/C14H14F6N4O/c1-6-4-7-9(23(3)22-10(7)13(15,16)17)8-5-21-11(24(6)8)12(2,25)14(18,19)20/h5-6,25H,4H2,1-3H3/t6-,12+/m0/s1. The van der Waals surface area contributed by atoms with E-state index in [9.17, 15) is 31.4 Å². The maximum absolute atomic E-state index is 13.2. The van der Waals surface area contributed by atoms with Crippen LogP contribution in [0, 0.1) is 0 Å². The fraction of sp³-hybridized carbons (Fsp3) is 0.571. The molecule has 2 aromatic rings. The monoisotopic (exact) mass is 368 g/mol. The molecule has 0 radical (unpaired) electrons. The minimum atomic E-state index is -4.99. The third kappa shape index (κ3) is 2.43. The number of hydrogen-bond acceptors (Lipinski definition) is 3. The average molecular weight is 368 g/mol. The molecule has 0 aliphatic carbocycles. The van der Waals surface area contributed by atoms with E-state index >= 15 is 0 Å². The van der Waals surface area contributed by atoms with Crippen LogP contribution in [0.3, 0.4) is 0 Å². The lowest BCUT2D eigenvalue weighted by atomic mass is 9.96. The van der Waals surface area contributed by atoms with Crippen molar-refractivity contribution in [2.75, 3.05) is 0 Å². The molecule has 3 rings (SSSR count). The summed E-state index contributed by atoms with van der Waals surface area (Å²) in [6.07, 6.45) is -8.81. The molecule has 0 spiro atoms. The molecule has 1 N–H and O–H groups in total. The van der Waals surface area contributed by atoms with E-state index < -0.39 is 35.5 Å². The predicted molar refractivity (Wildman–Crippen MR) is 73.5 cm³/mol. The van der Waals surface area contributed by atoms with Crippen LogP contribution in [0.25, 0.3) is 11.4 Å². The van der Waals surface area contributed by atoms with Gasteiger partial charge in [0.25, 0.3) is 0 Å². The normalized spacial score (nSPS) is 20.2. The Kier molecular flexibility index (Phi) is 3.55. The maximum Gasteiger partial charge on any atom is 0.435 e. The highest BCUT2D eigenvalue weighted by Crippen LogP contribution is 2.45. The van der Waals surface area contributed by atoms with Gasteiger partial charge in [-0.05, 0) is 20.3 Å². The largest absolute Gasteiger partial charge is 0.435 e. The minimum absolute atomic E-state index is 0.0437. The van der Waals surface area contributed by atoms with Crippen molar-refractivity contribution < 1.29 is 31.4 Å². The first kappa shape index (κ1) is 17.8. The van der Waals surface area contributed by atoms with Crippen molar-refractivity contribution in [1.29, 1.82) is 0 Å². The summed E-state index contributed by atoms with van der Waals surface area (Å²) in [5, 5.41) is 13.4. The Hall–Kier alpha value is -2.04. The highest BCUT2D eigenvalue weighted by Gasteiger charge is 2.55. The van der Waals surface area contributed by atoms with E-state index in [4.69, 9.17) is 0 Å². The topological polar surface area (TPSA) is 55.9 Å². The summed E-state index contributed by atoms with van der Waals surface area (Å²) in [5.74, 6) is -0.664. The second-order valence-electron chi connectivity index (χ2n) is 6.26. The molecule has 5 nitrogen and oxygen atoms in total. The van der Waals surface area contributed by atoms with Crippen LogP contribution in [0.4, 0.5) is 26.3 Å². The Balaban J connectivity index is 2.25. The van der Waals surface area contributed by atoms with Gasteiger partial charge in [-0.3, -0.25) is 4.68 Å². The summed E-state index contributed by atoms with van der Waals surface area (Å²) in [7, 11) is 1.28. The molecule has 0 unspecified atom stereocenters. The third-order valence-corrected chi connectivity index (χ3v) is 4.38. The van der Waals surface area contributed by atoms with Crippen LogP contribution in [-0.4, -0.2) is 30.6 Å². The molecule has 0 aromatic carbocycles. The zero-order valence-electron chi connectivity index (χ0n) is 13.4. The van der Waals surface area contributed by atoms with E-state index in [1.165, 1.54) is 14.0 Å². The lowest BCUT2D eigenvalue weighted by Gasteiger charge is -2.31. The quantitative estimate of drug-likeness (QED) is 0.787. The number of alkyl halides is 6. The van der Waals surface area contributed by atoms with Gasteiger partial charge in [-0.25, -0.2) is 4.98 Å². The number of halogens is 6. The molecule has 0 fully saturated rings. The molecular weight excluding hydrogens is 354 g/mol. The van der Waals surface area contributed by atoms with Crippen LogP contribution in [0.1, 0.15) is 37.0 Å². The van der Waals surface area contributed by atoms with Gasteiger partial charge in [0.05, 0.1) is 17.6 Å². The van der Waals surface area contributed by atoms with Gasteiger partial charge in [0.1, 0.15) is 0 Å². The Morgan fingerprint density at radius 2 is 1.80 bits per heavy atom. The summed E-state index contributed by atoms with van der Waals surface area (Å²) in [4.78, 5) is 3.67. The number of fused-ring (bicyclic) bond motifs is 3. The van der Waals surface area contributed by atoms with Crippen molar-refractivity contribution in [3.8, 4) is 11.4 Å². The van der Waals surface area contributed by atoms with Crippen LogP contribution in [0.2, 0.25) is 0 Å². The van der Waals surface area contributed by atoms with E-state index in [2.05, 4.69) is 10.1 Å². The van der Waals surface area contributed by atoms with Crippen LogP contribution in [0.5, 0.6) is 0 Å². The van der Waals surface area contributed by atoms with E-state index in [0.29, 0.717) is 6.92 Å². The summed E-state index contributed by atoms with van der Waals surface area (Å²) in [6.45, 7) is 2.03. The zero-order valence-corrected chi connectivity index (χ0v) is 13.4. The molecule has 2 atom stereocenters. The second kappa shape index (κ2) is 4.99. The highest BCUT2D eigenvalue weighted by atomic mass is 19.4. The molecule has 0 saturated carbocycles. The van der Waals surface area contributed by atoms with Crippen LogP contribution in [-0.2, 0) is 25.2 Å². The van der Waals surface area contributed by atoms with Crippen molar-refractivity contribution in [2.45, 2.75) is 44.3 Å². The Labute approximate surface area is 137 Å². The molecular formula is C14H14F6N4O. The molecule has 0 amide bonds. The second-order valence-corrected chi connectivity index (χ2v) is 6.26. The molecule has 25 heavy (non-hydrogen) atoms. The van der Waals surface area contributed by atoms with Gasteiger partial charge in [0.15, 0.2) is 11.5 Å². The molecule has 1 aliphatic heterocycles. The molecule has 0 bridgehead atoms. The SMILES string of the molecule is C[C@H]1Cc2c(C(F)(F)F)nn(C)c2-c2cnc([C@@](C)(O)C(F)(F)F)n21.